The zero-order valence-corrected chi connectivity index (χ0v) is 15.4. The van der Waals surface area contributed by atoms with Crippen LogP contribution in [0.5, 0.6) is 0 Å². The summed E-state index contributed by atoms with van der Waals surface area (Å²) in [7, 11) is 0. The third kappa shape index (κ3) is 5.33. The Hall–Kier alpha value is -2.33. The van der Waals surface area contributed by atoms with Crippen LogP contribution in [0.15, 0.2) is 48.5 Å². The Labute approximate surface area is 155 Å². The number of carboxylic acid groups (broad SMARTS) is 1. The summed E-state index contributed by atoms with van der Waals surface area (Å²) in [5.74, 6) is -0.0145. The lowest BCUT2D eigenvalue weighted by molar-refractivity contribution is 0.0696. The smallest absolute Gasteiger partial charge is 0.335 e. The predicted octanol–water partition coefficient (Wildman–Crippen LogP) is 4.27. The van der Waals surface area contributed by atoms with Crippen LogP contribution < -0.4 is 5.32 Å². The Morgan fingerprint density at radius 3 is 2.62 bits per heavy atom. The largest absolute Gasteiger partial charge is 0.478 e. The molecule has 0 bridgehead atoms. The topological polar surface area (TPSA) is 52.6 Å². The SMILES string of the molecule is CC1CCN(CCc2cccc(NCc3cccc(C(=O)O)c3)c2)CC1. The van der Waals surface area contributed by atoms with Crippen molar-refractivity contribution in [3.8, 4) is 0 Å². The molecule has 1 heterocycles. The number of nitrogens with one attached hydrogen (secondary N) is 1. The molecule has 2 aromatic rings. The fourth-order valence-electron chi connectivity index (χ4n) is 3.43. The summed E-state index contributed by atoms with van der Waals surface area (Å²) < 4.78 is 0. The van der Waals surface area contributed by atoms with E-state index >= 15 is 0 Å². The molecule has 0 saturated carbocycles. The minimum atomic E-state index is -0.888. The third-order valence-corrected chi connectivity index (χ3v) is 5.19. The highest BCUT2D eigenvalue weighted by atomic mass is 16.4. The zero-order chi connectivity index (χ0) is 18.4. The molecule has 1 fully saturated rings. The van der Waals surface area contributed by atoms with Crippen molar-refractivity contribution in [3.63, 3.8) is 0 Å². The molecule has 0 unspecified atom stereocenters. The zero-order valence-electron chi connectivity index (χ0n) is 15.4. The van der Waals surface area contributed by atoms with E-state index in [-0.39, 0.29) is 0 Å². The van der Waals surface area contributed by atoms with Gasteiger partial charge in [0.15, 0.2) is 0 Å². The number of carboxylic acids is 1. The lowest BCUT2D eigenvalue weighted by atomic mass is 9.99. The molecule has 0 atom stereocenters. The average Bonchev–Trinajstić information content (AvgIpc) is 2.66. The van der Waals surface area contributed by atoms with Crippen molar-refractivity contribution in [1.82, 2.24) is 4.90 Å². The van der Waals surface area contributed by atoms with Crippen molar-refractivity contribution in [2.24, 2.45) is 5.92 Å². The van der Waals surface area contributed by atoms with Gasteiger partial charge in [-0.15, -0.1) is 0 Å². The number of piperidine rings is 1. The van der Waals surface area contributed by atoms with Crippen LogP contribution in [-0.4, -0.2) is 35.6 Å². The van der Waals surface area contributed by atoms with E-state index in [2.05, 4.69) is 41.4 Å². The van der Waals surface area contributed by atoms with Gasteiger partial charge in [0.1, 0.15) is 0 Å². The van der Waals surface area contributed by atoms with E-state index in [0.29, 0.717) is 12.1 Å². The summed E-state index contributed by atoms with van der Waals surface area (Å²) in [5, 5.41) is 12.5. The maximum atomic E-state index is 11.1. The van der Waals surface area contributed by atoms with Crippen molar-refractivity contribution in [3.05, 3.63) is 65.2 Å². The summed E-state index contributed by atoms with van der Waals surface area (Å²) in [6.07, 6.45) is 3.70. The molecule has 1 aliphatic rings. The number of likely N-dealkylation sites (tertiary alicyclic amines) is 1. The summed E-state index contributed by atoms with van der Waals surface area (Å²) in [4.78, 5) is 13.6. The van der Waals surface area contributed by atoms with Crippen LogP contribution in [0.2, 0.25) is 0 Å². The van der Waals surface area contributed by atoms with Crippen LogP contribution in [0.1, 0.15) is 41.3 Å². The number of carbonyl (C=O) groups is 1. The van der Waals surface area contributed by atoms with Crippen LogP contribution >= 0.6 is 0 Å². The Morgan fingerprint density at radius 1 is 1.12 bits per heavy atom. The van der Waals surface area contributed by atoms with E-state index in [1.54, 1.807) is 18.2 Å². The maximum Gasteiger partial charge on any atom is 0.335 e. The van der Waals surface area contributed by atoms with Gasteiger partial charge in [0.25, 0.3) is 0 Å². The first-order valence-electron chi connectivity index (χ1n) is 9.47. The quantitative estimate of drug-likeness (QED) is 0.781. The van der Waals surface area contributed by atoms with Crippen LogP contribution in [0, 0.1) is 5.92 Å². The van der Waals surface area contributed by atoms with Crippen molar-refractivity contribution in [1.29, 1.82) is 0 Å². The second kappa shape index (κ2) is 8.86. The number of aromatic carboxylic acids is 1. The Morgan fingerprint density at radius 2 is 1.85 bits per heavy atom. The molecular weight excluding hydrogens is 324 g/mol. The monoisotopic (exact) mass is 352 g/mol. The average molecular weight is 352 g/mol. The molecule has 2 aromatic carbocycles. The first kappa shape index (κ1) is 18.5. The maximum absolute atomic E-state index is 11.1. The predicted molar refractivity (Wildman–Crippen MR) is 106 cm³/mol. The summed E-state index contributed by atoms with van der Waals surface area (Å²) >= 11 is 0. The van der Waals surface area contributed by atoms with Gasteiger partial charge in [-0.1, -0.05) is 31.2 Å². The lowest BCUT2D eigenvalue weighted by Gasteiger charge is -2.30. The Kier molecular flexibility index (Phi) is 6.29. The third-order valence-electron chi connectivity index (χ3n) is 5.19. The number of benzene rings is 2. The van der Waals surface area contributed by atoms with E-state index in [1.807, 2.05) is 6.07 Å². The fraction of sp³-hybridized carbons (Fsp3) is 0.409. The first-order valence-corrected chi connectivity index (χ1v) is 9.47. The minimum Gasteiger partial charge on any atom is -0.478 e. The number of hydrogen-bond acceptors (Lipinski definition) is 3. The second-order valence-corrected chi connectivity index (χ2v) is 7.33. The fourth-order valence-corrected chi connectivity index (χ4v) is 3.43. The highest BCUT2D eigenvalue weighted by Gasteiger charge is 2.15. The van der Waals surface area contributed by atoms with Gasteiger partial charge >= 0.3 is 5.97 Å². The molecule has 2 N–H and O–H groups in total. The molecule has 0 spiro atoms. The van der Waals surface area contributed by atoms with Crippen molar-refractivity contribution < 1.29 is 9.90 Å². The van der Waals surface area contributed by atoms with Gasteiger partial charge in [-0.2, -0.15) is 0 Å². The number of nitrogens with zero attached hydrogens (tertiary/aromatic N) is 1. The van der Waals surface area contributed by atoms with Gasteiger partial charge in [-0.05, 0) is 73.7 Å². The van der Waals surface area contributed by atoms with Crippen LogP contribution in [0.3, 0.4) is 0 Å². The number of rotatable bonds is 7. The molecule has 3 rings (SSSR count). The standard InChI is InChI=1S/C22H28N2O2/c1-17-8-11-24(12-9-17)13-10-18-4-3-7-21(15-18)23-16-19-5-2-6-20(14-19)22(25)26/h2-7,14-15,17,23H,8-13,16H2,1H3,(H,25,26). The van der Waals surface area contributed by atoms with Crippen LogP contribution in [-0.2, 0) is 13.0 Å². The number of hydrogen-bond donors (Lipinski definition) is 2. The van der Waals surface area contributed by atoms with Crippen LogP contribution in [0.4, 0.5) is 5.69 Å². The number of anilines is 1. The molecule has 1 aliphatic heterocycles. The minimum absolute atomic E-state index is 0.328. The van der Waals surface area contributed by atoms with Gasteiger partial charge in [0.05, 0.1) is 5.56 Å². The molecular formula is C22H28N2O2. The Balaban J connectivity index is 1.52. The van der Waals surface area contributed by atoms with E-state index in [9.17, 15) is 4.79 Å². The molecule has 0 aromatic heterocycles. The summed E-state index contributed by atoms with van der Waals surface area (Å²) in [5.41, 5.74) is 3.72. The van der Waals surface area contributed by atoms with Gasteiger partial charge in [-0.3, -0.25) is 0 Å². The summed E-state index contributed by atoms with van der Waals surface area (Å²) in [6, 6.07) is 15.6. The molecule has 138 valence electrons. The summed E-state index contributed by atoms with van der Waals surface area (Å²) in [6.45, 7) is 6.53. The van der Waals surface area contributed by atoms with E-state index < -0.39 is 5.97 Å². The molecule has 0 amide bonds. The lowest BCUT2D eigenvalue weighted by Crippen LogP contribution is -2.34. The first-order chi connectivity index (χ1) is 12.6. The molecule has 4 heteroatoms. The van der Waals surface area contributed by atoms with Crippen molar-refractivity contribution >= 4 is 11.7 Å². The highest BCUT2D eigenvalue weighted by molar-refractivity contribution is 5.87. The highest BCUT2D eigenvalue weighted by Crippen LogP contribution is 2.18. The molecule has 26 heavy (non-hydrogen) atoms. The normalized spacial score (nSPS) is 15.7. The van der Waals surface area contributed by atoms with Gasteiger partial charge in [-0.25, -0.2) is 4.79 Å². The molecule has 4 nitrogen and oxygen atoms in total. The van der Waals surface area contributed by atoms with E-state index in [0.717, 1.165) is 30.1 Å². The molecule has 0 aliphatic carbocycles. The van der Waals surface area contributed by atoms with Crippen LogP contribution in [0.25, 0.3) is 0 Å². The van der Waals surface area contributed by atoms with Crippen molar-refractivity contribution in [2.45, 2.75) is 32.7 Å². The van der Waals surface area contributed by atoms with Gasteiger partial charge in [0, 0.05) is 18.8 Å². The molecule has 1 saturated heterocycles. The Bertz CT molecular complexity index is 736. The van der Waals surface area contributed by atoms with Crippen molar-refractivity contribution in [2.75, 3.05) is 25.0 Å². The van der Waals surface area contributed by atoms with E-state index in [1.165, 1.54) is 31.5 Å². The van der Waals surface area contributed by atoms with Gasteiger partial charge in [0.2, 0.25) is 0 Å². The second-order valence-electron chi connectivity index (χ2n) is 7.33. The van der Waals surface area contributed by atoms with Gasteiger partial charge < -0.3 is 15.3 Å². The molecule has 0 radical (unpaired) electrons. The van der Waals surface area contributed by atoms with E-state index in [4.69, 9.17) is 5.11 Å².